The molecule has 1 unspecified atom stereocenters. The van der Waals surface area contributed by atoms with E-state index < -0.39 is 5.72 Å². The molecule has 0 radical (unpaired) electrons. The predicted molar refractivity (Wildman–Crippen MR) is 137 cm³/mol. The zero-order chi connectivity index (χ0) is 25.2. The number of carbonyl (C=O) groups is 1. The van der Waals surface area contributed by atoms with Crippen LogP contribution in [-0.4, -0.2) is 29.8 Å². The molecule has 35 heavy (non-hydrogen) atoms. The molecule has 0 fully saturated rings. The van der Waals surface area contributed by atoms with E-state index in [0.717, 1.165) is 37.9 Å². The molecule has 4 rings (SSSR count). The molecule has 2 aliphatic heterocycles. The van der Waals surface area contributed by atoms with E-state index in [-0.39, 0.29) is 22.0 Å². The summed E-state index contributed by atoms with van der Waals surface area (Å²) in [6, 6.07) is 13.1. The first-order chi connectivity index (χ1) is 16.7. The van der Waals surface area contributed by atoms with E-state index in [1.807, 2.05) is 18.2 Å². The van der Waals surface area contributed by atoms with E-state index in [2.05, 4.69) is 43.5 Å². The molecule has 184 valence electrons. The molecule has 0 amide bonds. The van der Waals surface area contributed by atoms with E-state index in [4.69, 9.17) is 9.47 Å². The number of non-ortho nitro benzene ring substituents is 1. The Morgan fingerprint density at radius 1 is 1.14 bits per heavy atom. The summed E-state index contributed by atoms with van der Waals surface area (Å²) < 4.78 is 11.9. The summed E-state index contributed by atoms with van der Waals surface area (Å²) in [5.74, 6) is 0.304. The third-order valence-electron chi connectivity index (χ3n) is 6.98. The summed E-state index contributed by atoms with van der Waals surface area (Å²) >= 11 is 0. The fourth-order valence-corrected chi connectivity index (χ4v) is 5.00. The summed E-state index contributed by atoms with van der Waals surface area (Å²) in [5, 5.41) is 11.2. The number of benzene rings is 2. The lowest BCUT2D eigenvalue weighted by atomic mass is 9.76. The topological polar surface area (TPSA) is 81.9 Å². The standard InChI is InChI=1S/C28H32N2O5/c1-20(2)26(31)34-18-10-6-5-9-17-29-24-12-8-7-11-23(24)27(3,4)28(29)16-15-21-19-22(30(32)33)13-14-25(21)35-28/h7-8,11-16,19H,1,5-6,9-10,17-18H2,2-4H3. The number of hydrogen-bond acceptors (Lipinski definition) is 6. The summed E-state index contributed by atoms with van der Waals surface area (Å²) in [6.45, 7) is 10.8. The van der Waals surface area contributed by atoms with Crippen LogP contribution in [0, 0.1) is 10.1 Å². The first-order valence-electron chi connectivity index (χ1n) is 12.0. The number of anilines is 1. The summed E-state index contributed by atoms with van der Waals surface area (Å²) in [4.78, 5) is 24.7. The largest absolute Gasteiger partial charge is 0.463 e. The van der Waals surface area contributed by atoms with Gasteiger partial charge in [0.2, 0.25) is 5.72 Å². The van der Waals surface area contributed by atoms with Gasteiger partial charge in [-0.25, -0.2) is 4.79 Å². The highest BCUT2D eigenvalue weighted by Crippen LogP contribution is 2.55. The first-order valence-corrected chi connectivity index (χ1v) is 12.0. The predicted octanol–water partition coefficient (Wildman–Crippen LogP) is 6.17. The van der Waals surface area contributed by atoms with Crippen LogP contribution in [0.1, 0.15) is 57.6 Å². The maximum Gasteiger partial charge on any atom is 0.333 e. The molecule has 2 aromatic carbocycles. The van der Waals surface area contributed by atoms with Crippen LogP contribution in [0.5, 0.6) is 5.75 Å². The molecule has 0 N–H and O–H groups in total. The highest BCUT2D eigenvalue weighted by atomic mass is 16.6. The van der Waals surface area contributed by atoms with Crippen LogP contribution in [0.3, 0.4) is 0 Å². The fourth-order valence-electron chi connectivity index (χ4n) is 5.00. The van der Waals surface area contributed by atoms with E-state index in [1.54, 1.807) is 19.1 Å². The monoisotopic (exact) mass is 476 g/mol. The van der Waals surface area contributed by atoms with Gasteiger partial charge < -0.3 is 14.4 Å². The van der Waals surface area contributed by atoms with Gasteiger partial charge in [-0.15, -0.1) is 0 Å². The van der Waals surface area contributed by atoms with Crippen molar-refractivity contribution < 1.29 is 19.2 Å². The number of unbranched alkanes of at least 4 members (excludes halogenated alkanes) is 3. The van der Waals surface area contributed by atoms with Gasteiger partial charge >= 0.3 is 5.97 Å². The number of nitro benzene ring substituents is 1. The SMILES string of the molecule is C=C(C)C(=O)OCCCCCCN1c2ccccc2C(C)(C)C12C=Cc1cc([N+](=O)[O-])ccc1O2. The second-order valence-corrected chi connectivity index (χ2v) is 9.74. The van der Waals surface area contributed by atoms with Gasteiger partial charge in [0.05, 0.1) is 16.9 Å². The minimum Gasteiger partial charge on any atom is -0.463 e. The number of carbonyl (C=O) groups excluding carboxylic acids is 1. The minimum atomic E-state index is -0.739. The average molecular weight is 477 g/mol. The molecule has 2 aliphatic rings. The van der Waals surface area contributed by atoms with E-state index >= 15 is 0 Å². The van der Waals surface area contributed by atoms with Crippen molar-refractivity contribution in [1.82, 2.24) is 0 Å². The normalized spacial score (nSPS) is 19.1. The third-order valence-corrected chi connectivity index (χ3v) is 6.98. The van der Waals surface area contributed by atoms with Gasteiger partial charge in [0.25, 0.3) is 5.69 Å². The Bertz CT molecular complexity index is 1190. The molecule has 1 atom stereocenters. The Kier molecular flexibility index (Phi) is 6.70. The Morgan fingerprint density at radius 3 is 2.63 bits per heavy atom. The quantitative estimate of drug-likeness (QED) is 0.141. The number of esters is 1. The Morgan fingerprint density at radius 2 is 1.89 bits per heavy atom. The molecule has 0 aromatic heterocycles. The van der Waals surface area contributed by atoms with E-state index in [9.17, 15) is 14.9 Å². The number of ether oxygens (including phenoxy) is 2. The molecule has 2 heterocycles. The van der Waals surface area contributed by atoms with Crippen molar-refractivity contribution in [1.29, 1.82) is 0 Å². The molecular formula is C28H32N2O5. The van der Waals surface area contributed by atoms with Crippen molar-refractivity contribution >= 4 is 23.4 Å². The molecule has 0 saturated heterocycles. The Balaban J connectivity index is 1.50. The van der Waals surface area contributed by atoms with Crippen molar-refractivity contribution in [2.24, 2.45) is 0 Å². The first kappa shape index (κ1) is 24.5. The van der Waals surface area contributed by atoms with Gasteiger partial charge in [-0.2, -0.15) is 0 Å². The lowest BCUT2D eigenvalue weighted by molar-refractivity contribution is -0.384. The van der Waals surface area contributed by atoms with Gasteiger partial charge in [-0.1, -0.05) is 31.2 Å². The fraction of sp³-hybridized carbons (Fsp3) is 0.393. The van der Waals surface area contributed by atoms with Crippen molar-refractivity contribution in [3.05, 3.63) is 81.9 Å². The molecule has 0 bridgehead atoms. The molecule has 7 heteroatoms. The second-order valence-electron chi connectivity index (χ2n) is 9.74. The molecule has 2 aromatic rings. The summed E-state index contributed by atoms with van der Waals surface area (Å²) in [7, 11) is 0. The Labute approximate surface area is 206 Å². The molecule has 7 nitrogen and oxygen atoms in total. The van der Waals surface area contributed by atoms with Crippen LogP contribution in [0.15, 0.2) is 60.7 Å². The van der Waals surface area contributed by atoms with Crippen LogP contribution in [0.25, 0.3) is 6.08 Å². The van der Waals surface area contributed by atoms with Gasteiger partial charge in [-0.05, 0) is 69.9 Å². The van der Waals surface area contributed by atoms with Crippen LogP contribution in [0.4, 0.5) is 11.4 Å². The zero-order valence-corrected chi connectivity index (χ0v) is 20.6. The summed E-state index contributed by atoms with van der Waals surface area (Å²) in [6.07, 6.45) is 7.71. The number of hydrogen-bond donors (Lipinski definition) is 0. The summed E-state index contributed by atoms with van der Waals surface area (Å²) in [5.41, 5.74) is 2.44. The number of para-hydroxylation sites is 1. The van der Waals surface area contributed by atoms with Gasteiger partial charge in [-0.3, -0.25) is 10.1 Å². The van der Waals surface area contributed by atoms with Gasteiger partial charge in [0.15, 0.2) is 0 Å². The van der Waals surface area contributed by atoms with Crippen LogP contribution in [-0.2, 0) is 14.9 Å². The van der Waals surface area contributed by atoms with Crippen molar-refractivity contribution in [3.8, 4) is 5.75 Å². The Hall–Kier alpha value is -3.61. The average Bonchev–Trinajstić information content (AvgIpc) is 3.01. The number of nitrogens with zero attached hydrogens (tertiary/aromatic N) is 2. The third kappa shape index (κ3) is 4.43. The van der Waals surface area contributed by atoms with Crippen molar-refractivity contribution in [3.63, 3.8) is 0 Å². The molecular weight excluding hydrogens is 444 g/mol. The lowest BCUT2D eigenvalue weighted by Crippen LogP contribution is -2.59. The number of nitro groups is 1. The highest BCUT2D eigenvalue weighted by molar-refractivity contribution is 5.86. The van der Waals surface area contributed by atoms with E-state index in [1.165, 1.54) is 11.6 Å². The van der Waals surface area contributed by atoms with Gasteiger partial charge in [0, 0.05) is 35.5 Å². The van der Waals surface area contributed by atoms with Crippen LogP contribution in [0.2, 0.25) is 0 Å². The highest BCUT2D eigenvalue weighted by Gasteiger charge is 2.58. The van der Waals surface area contributed by atoms with Crippen molar-refractivity contribution in [2.45, 2.75) is 57.6 Å². The van der Waals surface area contributed by atoms with Crippen LogP contribution < -0.4 is 9.64 Å². The van der Waals surface area contributed by atoms with Crippen molar-refractivity contribution in [2.75, 3.05) is 18.1 Å². The zero-order valence-electron chi connectivity index (χ0n) is 20.6. The second kappa shape index (κ2) is 9.56. The molecule has 0 saturated carbocycles. The van der Waals surface area contributed by atoms with Gasteiger partial charge in [0.1, 0.15) is 5.75 Å². The van der Waals surface area contributed by atoms with Crippen LogP contribution >= 0.6 is 0 Å². The maximum absolute atomic E-state index is 11.5. The molecule has 1 spiro atoms. The van der Waals surface area contributed by atoms with E-state index in [0.29, 0.717) is 23.5 Å². The molecule has 0 aliphatic carbocycles. The lowest BCUT2D eigenvalue weighted by Gasteiger charge is -2.47. The smallest absolute Gasteiger partial charge is 0.333 e. The number of rotatable bonds is 9. The minimum absolute atomic E-state index is 0.0488. The number of fused-ring (bicyclic) bond motifs is 2. The maximum atomic E-state index is 11.5.